The summed E-state index contributed by atoms with van der Waals surface area (Å²) in [5, 5.41) is 14.0. The number of para-hydroxylation sites is 2. The van der Waals surface area contributed by atoms with Crippen molar-refractivity contribution < 1.29 is 24.2 Å². The molecule has 0 aliphatic carbocycles. The Bertz CT molecular complexity index is 1970. The number of rotatable bonds is 9. The maximum atomic E-state index is 14.4. The molecule has 2 heterocycles. The summed E-state index contributed by atoms with van der Waals surface area (Å²) >= 11 is 0. The molecule has 0 spiro atoms. The van der Waals surface area contributed by atoms with Crippen LogP contribution in [0.2, 0.25) is 0 Å². The summed E-state index contributed by atoms with van der Waals surface area (Å²) in [6.45, 7) is 1.48. The van der Waals surface area contributed by atoms with Crippen molar-refractivity contribution in [3.05, 3.63) is 144 Å². The smallest absolute Gasteiger partial charge is 0.327 e. The molecule has 0 saturated carbocycles. The van der Waals surface area contributed by atoms with E-state index in [1.807, 2.05) is 120 Å². The maximum absolute atomic E-state index is 14.4. The zero-order chi connectivity index (χ0) is 32.8. The van der Waals surface area contributed by atoms with Crippen molar-refractivity contribution in [1.82, 2.24) is 9.27 Å². The summed E-state index contributed by atoms with van der Waals surface area (Å²) in [5.41, 5.74) is 3.26. The molecule has 7 nitrogen and oxygen atoms in total. The van der Waals surface area contributed by atoms with Gasteiger partial charge in [0.2, 0.25) is 6.04 Å². The molecule has 236 valence electrons. The van der Waals surface area contributed by atoms with Crippen LogP contribution < -0.4 is 14.1 Å². The Morgan fingerprint density at radius 3 is 1.62 bits per heavy atom. The lowest BCUT2D eigenvalue weighted by Gasteiger charge is -2.48. The number of benzene rings is 5. The van der Waals surface area contributed by atoms with Gasteiger partial charge in [-0.25, -0.2) is 4.79 Å². The lowest BCUT2D eigenvalue weighted by atomic mass is 9.63. The number of aliphatic hydroxyl groups excluding tert-OH is 1. The Balaban J connectivity index is 1.68. The summed E-state index contributed by atoms with van der Waals surface area (Å²) in [4.78, 5) is 28.2. The second kappa shape index (κ2) is 11.8. The molecule has 1 fully saturated rings. The lowest BCUT2D eigenvalue weighted by molar-refractivity contribution is -0.139. The Morgan fingerprint density at radius 1 is 0.723 bits per heavy atom. The van der Waals surface area contributed by atoms with E-state index in [4.69, 9.17) is 9.47 Å². The van der Waals surface area contributed by atoms with Crippen LogP contribution in [0.5, 0.6) is 11.5 Å². The second-order valence-corrected chi connectivity index (χ2v) is 12.3. The van der Waals surface area contributed by atoms with E-state index in [9.17, 15) is 14.7 Å². The molecule has 1 aromatic heterocycles. The summed E-state index contributed by atoms with van der Waals surface area (Å²) in [6.07, 6.45) is -0.0601. The molecule has 1 amide bonds. The van der Waals surface area contributed by atoms with Crippen LogP contribution in [0.25, 0.3) is 21.8 Å². The van der Waals surface area contributed by atoms with E-state index in [2.05, 4.69) is 12.1 Å². The highest BCUT2D eigenvalue weighted by atomic mass is 16.5. The number of carbonyl (C=O) groups is 2. The van der Waals surface area contributed by atoms with E-state index in [1.54, 1.807) is 14.2 Å². The van der Waals surface area contributed by atoms with Gasteiger partial charge in [-0.15, -0.1) is 4.59 Å². The normalized spacial score (nSPS) is 21.1. The number of Topliss-reactive ketones (excluding diaryl/α,β-unsaturated/α-hetero) is 1. The number of ether oxygens (including phenoxy) is 2. The average Bonchev–Trinajstić information content (AvgIpc) is 3.62. The quantitative estimate of drug-likeness (QED) is 0.112. The Kier molecular flexibility index (Phi) is 7.66. The second-order valence-electron chi connectivity index (χ2n) is 12.3. The Hall–Kier alpha value is -5.24. The molecule has 1 aliphatic rings. The van der Waals surface area contributed by atoms with Crippen LogP contribution in [-0.4, -0.2) is 54.4 Å². The highest BCUT2D eigenvalue weighted by molar-refractivity contribution is 6.09. The Labute approximate surface area is 273 Å². The zero-order valence-electron chi connectivity index (χ0n) is 26.6. The molecule has 0 radical (unpaired) electrons. The van der Waals surface area contributed by atoms with Gasteiger partial charge in [0.15, 0.2) is 5.78 Å². The van der Waals surface area contributed by atoms with E-state index < -0.39 is 28.2 Å². The van der Waals surface area contributed by atoms with Gasteiger partial charge in [-0.1, -0.05) is 91.0 Å². The topological polar surface area (TPSA) is 77.8 Å². The molecule has 7 heteroatoms. The van der Waals surface area contributed by atoms with Crippen LogP contribution >= 0.6 is 0 Å². The lowest BCUT2D eigenvalue weighted by Crippen LogP contribution is -2.72. The molecule has 4 unspecified atom stereocenters. The van der Waals surface area contributed by atoms with Gasteiger partial charge in [0.1, 0.15) is 34.7 Å². The predicted molar refractivity (Wildman–Crippen MR) is 184 cm³/mol. The zero-order valence-corrected chi connectivity index (χ0v) is 26.6. The van der Waals surface area contributed by atoms with Crippen molar-refractivity contribution in [3.63, 3.8) is 0 Å². The summed E-state index contributed by atoms with van der Waals surface area (Å²) in [7, 11) is 3.26. The van der Waals surface area contributed by atoms with Crippen molar-refractivity contribution in [3.8, 4) is 11.5 Å². The van der Waals surface area contributed by atoms with Gasteiger partial charge in [0, 0.05) is 24.1 Å². The number of likely N-dealkylation sites (tertiary alicyclic amines) is 1. The SMILES string of the molecule is COc1ccc(C(c2ccccc2)(c2ccc(OC)cc2)C2CC(O)C(C(C)=O)[N+]2(C=O)n2c3ccccc3c3ccccc32)cc1. The van der Waals surface area contributed by atoms with E-state index in [0.29, 0.717) is 11.5 Å². The molecular weight excluding hydrogens is 588 g/mol. The standard InChI is InChI=1S/C40H37N2O5/c1-27(44)39-37(45)25-38(42(39,26-43)41-35-15-9-7-13-33(35)34-14-8-10-16-36(34)41)40(28-11-5-4-6-12-28,29-17-21-31(46-2)22-18-29)30-19-23-32(47-3)24-20-30/h4-24,26,37-39,45H,25H2,1-3H3/q+1. The number of quaternary nitrogens is 1. The van der Waals surface area contributed by atoms with Crippen LogP contribution in [0.4, 0.5) is 0 Å². The third kappa shape index (κ3) is 4.42. The fourth-order valence-electron chi connectivity index (χ4n) is 8.26. The molecule has 47 heavy (non-hydrogen) atoms. The monoisotopic (exact) mass is 625 g/mol. The summed E-state index contributed by atoms with van der Waals surface area (Å²) < 4.78 is 12.7. The first kappa shape index (κ1) is 30.4. The molecular formula is C40H37N2O5+. The van der Waals surface area contributed by atoms with E-state index >= 15 is 0 Å². The molecule has 4 atom stereocenters. The Morgan fingerprint density at radius 2 is 1.17 bits per heavy atom. The minimum atomic E-state index is -1.11. The summed E-state index contributed by atoms with van der Waals surface area (Å²) in [6, 6.07) is 40.0. The van der Waals surface area contributed by atoms with E-state index in [1.165, 1.54) is 6.92 Å². The van der Waals surface area contributed by atoms with Crippen molar-refractivity contribution in [2.24, 2.45) is 0 Å². The van der Waals surface area contributed by atoms with Crippen LogP contribution in [0.15, 0.2) is 127 Å². The number of amides is 1. The number of hydrogen-bond donors (Lipinski definition) is 1. The molecule has 7 rings (SSSR count). The maximum Gasteiger partial charge on any atom is 0.327 e. The third-order valence-corrected chi connectivity index (χ3v) is 10.1. The number of fused-ring (bicyclic) bond motifs is 3. The van der Waals surface area contributed by atoms with Crippen molar-refractivity contribution >= 4 is 34.0 Å². The first-order valence-corrected chi connectivity index (χ1v) is 15.8. The van der Waals surface area contributed by atoms with Gasteiger partial charge in [-0.05, 0) is 53.1 Å². The molecule has 1 aliphatic heterocycles. The average molecular weight is 626 g/mol. The fraction of sp³-hybridized carbons (Fsp3) is 0.200. The third-order valence-electron chi connectivity index (χ3n) is 10.1. The van der Waals surface area contributed by atoms with E-state index in [-0.39, 0.29) is 12.2 Å². The highest BCUT2D eigenvalue weighted by Crippen LogP contribution is 2.52. The molecule has 6 aromatic rings. The number of aromatic nitrogens is 1. The summed E-state index contributed by atoms with van der Waals surface area (Å²) in [5.74, 6) is 1.12. The molecule has 5 aromatic carbocycles. The molecule has 0 bridgehead atoms. The number of methoxy groups -OCH3 is 2. The van der Waals surface area contributed by atoms with Crippen LogP contribution in [-0.2, 0) is 15.0 Å². The highest BCUT2D eigenvalue weighted by Gasteiger charge is 2.67. The number of hydrogen-bond acceptors (Lipinski definition) is 5. The van der Waals surface area contributed by atoms with Crippen LogP contribution in [0.3, 0.4) is 0 Å². The van der Waals surface area contributed by atoms with Gasteiger partial charge in [-0.2, -0.15) is 4.68 Å². The first-order valence-electron chi connectivity index (χ1n) is 15.8. The fourth-order valence-corrected chi connectivity index (χ4v) is 8.26. The van der Waals surface area contributed by atoms with Crippen LogP contribution in [0.1, 0.15) is 30.0 Å². The largest absolute Gasteiger partial charge is 0.497 e. The minimum absolute atomic E-state index is 0.163. The van der Waals surface area contributed by atoms with E-state index in [0.717, 1.165) is 44.9 Å². The van der Waals surface area contributed by atoms with Crippen molar-refractivity contribution in [2.45, 2.75) is 36.9 Å². The van der Waals surface area contributed by atoms with Gasteiger partial charge >= 0.3 is 6.41 Å². The van der Waals surface area contributed by atoms with Crippen molar-refractivity contribution in [2.75, 3.05) is 14.2 Å². The van der Waals surface area contributed by atoms with Crippen LogP contribution in [0, 0.1) is 0 Å². The van der Waals surface area contributed by atoms with Gasteiger partial charge in [-0.3, -0.25) is 4.79 Å². The number of nitrogens with zero attached hydrogens (tertiary/aromatic N) is 2. The van der Waals surface area contributed by atoms with Gasteiger partial charge in [0.25, 0.3) is 0 Å². The molecule has 1 N–H and O–H groups in total. The molecule has 1 saturated heterocycles. The minimum Gasteiger partial charge on any atom is -0.497 e. The first-order chi connectivity index (χ1) is 22.9. The number of aliphatic hydroxyl groups is 1. The van der Waals surface area contributed by atoms with Gasteiger partial charge in [0.05, 0.1) is 19.6 Å². The van der Waals surface area contributed by atoms with Crippen molar-refractivity contribution in [1.29, 1.82) is 0 Å². The number of ketones is 1. The number of carbonyl (C=O) groups excluding carboxylic acids is 2. The van der Waals surface area contributed by atoms with Gasteiger partial charge < -0.3 is 14.6 Å². The predicted octanol–water partition coefficient (Wildman–Crippen LogP) is 6.53.